The highest BCUT2D eigenvalue weighted by atomic mass is 32.2. The van der Waals surface area contributed by atoms with Crippen LogP contribution in [0.4, 0.5) is 0 Å². The van der Waals surface area contributed by atoms with Crippen LogP contribution in [0.15, 0.2) is 0 Å². The van der Waals surface area contributed by atoms with Crippen LogP contribution in [0.3, 0.4) is 0 Å². The van der Waals surface area contributed by atoms with E-state index in [-0.39, 0.29) is 5.25 Å². The molecule has 2 aliphatic rings. The Bertz CT molecular complexity index is 393. The molecule has 5 atom stereocenters. The summed E-state index contributed by atoms with van der Waals surface area (Å²) in [4.78, 5) is 0. The topological polar surface area (TPSA) is 46.2 Å². The molecule has 4 heteroatoms. The van der Waals surface area contributed by atoms with E-state index in [0.717, 1.165) is 37.5 Å². The van der Waals surface area contributed by atoms with Gasteiger partial charge in [0, 0.05) is 18.3 Å². The van der Waals surface area contributed by atoms with Gasteiger partial charge in [-0.2, -0.15) is 0 Å². The summed E-state index contributed by atoms with van der Waals surface area (Å²) in [5.74, 6) is 1.59. The van der Waals surface area contributed by atoms with Crippen LogP contribution in [0.1, 0.15) is 58.8 Å². The van der Waals surface area contributed by atoms with Crippen LogP contribution >= 0.6 is 0 Å². The first-order valence-electron chi connectivity index (χ1n) is 7.86. The lowest BCUT2D eigenvalue weighted by Crippen LogP contribution is -2.45. The fourth-order valence-corrected chi connectivity index (χ4v) is 5.22. The van der Waals surface area contributed by atoms with Gasteiger partial charge >= 0.3 is 0 Å². The second kappa shape index (κ2) is 6.13. The average Bonchev–Trinajstić information content (AvgIpc) is 2.70. The molecule has 2 saturated carbocycles. The van der Waals surface area contributed by atoms with Crippen molar-refractivity contribution in [3.8, 4) is 0 Å². The molecular weight excluding hydrogens is 258 g/mol. The molecule has 3 nitrogen and oxygen atoms in total. The predicted octanol–water partition coefficient (Wildman–Crippen LogP) is 2.76. The van der Waals surface area contributed by atoms with Crippen molar-refractivity contribution in [1.29, 1.82) is 0 Å². The van der Waals surface area contributed by atoms with Crippen molar-refractivity contribution in [2.75, 3.05) is 6.26 Å². The molecule has 112 valence electrons. The zero-order valence-corrected chi connectivity index (χ0v) is 13.4. The molecule has 0 aliphatic heterocycles. The lowest BCUT2D eigenvalue weighted by Gasteiger charge is -2.32. The monoisotopic (exact) mass is 287 g/mol. The highest BCUT2D eigenvalue weighted by molar-refractivity contribution is 7.91. The predicted molar refractivity (Wildman–Crippen MR) is 80.0 cm³/mol. The van der Waals surface area contributed by atoms with Crippen LogP contribution in [0.5, 0.6) is 0 Å². The van der Waals surface area contributed by atoms with Crippen molar-refractivity contribution in [3.05, 3.63) is 0 Å². The zero-order chi connectivity index (χ0) is 14.0. The standard InChI is InChI=1S/C15H29NO2S/c1-4-12-8-9-15(11(12)2)16-13-6-5-7-14(10-13)19(3,17)18/h11-16H,4-10H2,1-3H3. The van der Waals surface area contributed by atoms with E-state index >= 15 is 0 Å². The van der Waals surface area contributed by atoms with Gasteiger partial charge in [0.1, 0.15) is 9.84 Å². The first-order valence-corrected chi connectivity index (χ1v) is 9.82. The Balaban J connectivity index is 1.89. The molecule has 0 aromatic rings. The van der Waals surface area contributed by atoms with Gasteiger partial charge in [0.05, 0.1) is 5.25 Å². The van der Waals surface area contributed by atoms with Crippen LogP contribution < -0.4 is 5.32 Å². The average molecular weight is 287 g/mol. The molecule has 2 aliphatic carbocycles. The number of hydrogen-bond acceptors (Lipinski definition) is 3. The van der Waals surface area contributed by atoms with Crippen molar-refractivity contribution < 1.29 is 8.42 Å². The first kappa shape index (κ1) is 15.3. The Hall–Kier alpha value is -0.0900. The maximum atomic E-state index is 11.7. The lowest BCUT2D eigenvalue weighted by molar-refractivity contribution is 0.285. The van der Waals surface area contributed by atoms with E-state index in [1.807, 2.05) is 0 Å². The van der Waals surface area contributed by atoms with Gasteiger partial charge in [-0.15, -0.1) is 0 Å². The normalized spacial score (nSPS) is 40.5. The molecule has 0 bridgehead atoms. The molecule has 19 heavy (non-hydrogen) atoms. The number of sulfone groups is 1. The molecule has 2 rings (SSSR count). The van der Waals surface area contributed by atoms with Crippen molar-refractivity contribution in [3.63, 3.8) is 0 Å². The van der Waals surface area contributed by atoms with Gasteiger partial charge in [-0.3, -0.25) is 0 Å². The minimum atomic E-state index is -2.86. The Morgan fingerprint density at radius 1 is 1.16 bits per heavy atom. The molecule has 0 aromatic heterocycles. The molecule has 1 N–H and O–H groups in total. The second-order valence-corrected chi connectivity index (χ2v) is 9.02. The van der Waals surface area contributed by atoms with Crippen molar-refractivity contribution in [1.82, 2.24) is 5.32 Å². The van der Waals surface area contributed by atoms with Crippen LogP contribution in [0, 0.1) is 11.8 Å². The maximum absolute atomic E-state index is 11.7. The summed E-state index contributed by atoms with van der Waals surface area (Å²) in [7, 11) is -2.86. The third-order valence-corrected chi connectivity index (χ3v) is 7.07. The van der Waals surface area contributed by atoms with Gasteiger partial charge in [-0.25, -0.2) is 8.42 Å². The van der Waals surface area contributed by atoms with Crippen molar-refractivity contribution >= 4 is 9.84 Å². The van der Waals surface area contributed by atoms with Gasteiger partial charge in [0.25, 0.3) is 0 Å². The maximum Gasteiger partial charge on any atom is 0.150 e. The van der Waals surface area contributed by atoms with Gasteiger partial charge in [-0.1, -0.05) is 26.7 Å². The van der Waals surface area contributed by atoms with E-state index in [4.69, 9.17) is 0 Å². The fraction of sp³-hybridized carbons (Fsp3) is 1.00. The minimum absolute atomic E-state index is 0.113. The Kier molecular flexibility index (Phi) is 4.93. The number of hydrogen-bond donors (Lipinski definition) is 1. The molecular formula is C15H29NO2S. The molecule has 0 saturated heterocycles. The van der Waals surface area contributed by atoms with Gasteiger partial charge in [0.2, 0.25) is 0 Å². The van der Waals surface area contributed by atoms with E-state index in [2.05, 4.69) is 19.2 Å². The van der Waals surface area contributed by atoms with Crippen LogP contribution in [0.2, 0.25) is 0 Å². The quantitative estimate of drug-likeness (QED) is 0.865. The third kappa shape index (κ3) is 3.72. The lowest BCUT2D eigenvalue weighted by atomic mass is 9.90. The SMILES string of the molecule is CCC1CCC(NC2CCCC(S(C)(=O)=O)C2)C1C. The molecule has 0 radical (unpaired) electrons. The first-order chi connectivity index (χ1) is 8.91. The fourth-order valence-electron chi connectivity index (χ4n) is 4.05. The zero-order valence-electron chi connectivity index (χ0n) is 12.6. The highest BCUT2D eigenvalue weighted by Crippen LogP contribution is 2.35. The van der Waals surface area contributed by atoms with E-state index < -0.39 is 9.84 Å². The molecule has 0 heterocycles. The van der Waals surface area contributed by atoms with E-state index in [9.17, 15) is 8.42 Å². The summed E-state index contributed by atoms with van der Waals surface area (Å²) in [6.07, 6.45) is 9.13. The van der Waals surface area contributed by atoms with Gasteiger partial charge < -0.3 is 5.32 Å². The van der Waals surface area contributed by atoms with Crippen LogP contribution in [-0.2, 0) is 9.84 Å². The Labute approximate surface area is 118 Å². The highest BCUT2D eigenvalue weighted by Gasteiger charge is 2.35. The van der Waals surface area contributed by atoms with E-state index in [0.29, 0.717) is 12.1 Å². The van der Waals surface area contributed by atoms with Crippen molar-refractivity contribution in [2.24, 2.45) is 11.8 Å². The molecule has 0 spiro atoms. The van der Waals surface area contributed by atoms with Crippen LogP contribution in [-0.4, -0.2) is 32.0 Å². The van der Waals surface area contributed by atoms with Crippen molar-refractivity contribution in [2.45, 2.75) is 76.1 Å². The summed E-state index contributed by atoms with van der Waals surface area (Å²) in [6, 6.07) is 1.02. The summed E-state index contributed by atoms with van der Waals surface area (Å²) in [6.45, 7) is 4.64. The van der Waals surface area contributed by atoms with E-state index in [1.54, 1.807) is 0 Å². The van der Waals surface area contributed by atoms with E-state index in [1.165, 1.54) is 25.5 Å². The minimum Gasteiger partial charge on any atom is -0.311 e. The number of rotatable bonds is 4. The Morgan fingerprint density at radius 2 is 1.89 bits per heavy atom. The number of nitrogens with one attached hydrogen (secondary N) is 1. The summed E-state index contributed by atoms with van der Waals surface area (Å²) < 4.78 is 23.4. The summed E-state index contributed by atoms with van der Waals surface area (Å²) in [5.41, 5.74) is 0. The largest absolute Gasteiger partial charge is 0.311 e. The Morgan fingerprint density at radius 3 is 2.47 bits per heavy atom. The van der Waals surface area contributed by atoms with Gasteiger partial charge in [0.15, 0.2) is 0 Å². The molecule has 5 unspecified atom stereocenters. The third-order valence-electron chi connectivity index (χ3n) is 5.43. The second-order valence-electron chi connectivity index (χ2n) is 6.69. The summed E-state index contributed by atoms with van der Waals surface area (Å²) in [5, 5.41) is 3.66. The molecule has 0 amide bonds. The summed E-state index contributed by atoms with van der Waals surface area (Å²) >= 11 is 0. The van der Waals surface area contributed by atoms with Crippen LogP contribution in [0.25, 0.3) is 0 Å². The van der Waals surface area contributed by atoms with Gasteiger partial charge in [-0.05, 0) is 43.9 Å². The smallest absolute Gasteiger partial charge is 0.150 e. The molecule has 2 fully saturated rings. The molecule has 0 aromatic carbocycles.